The highest BCUT2D eigenvalue weighted by atomic mass is 14.3. The quantitative estimate of drug-likeness (QED) is 0.188. The number of hydrogen-bond acceptors (Lipinski definition) is 0. The second kappa shape index (κ2) is 15.5. The van der Waals surface area contributed by atoms with Crippen molar-refractivity contribution in [3.05, 3.63) is 11.1 Å². The minimum absolute atomic E-state index is 0.775. The molecule has 0 spiro atoms. The highest BCUT2D eigenvalue weighted by Gasteiger charge is 2.22. The lowest BCUT2D eigenvalue weighted by Crippen LogP contribution is -2.15. The summed E-state index contributed by atoms with van der Waals surface area (Å²) in [7, 11) is 0. The van der Waals surface area contributed by atoms with Crippen LogP contribution in [0.3, 0.4) is 0 Å². The number of allylic oxidation sites excluding steroid dienone is 2. The van der Waals surface area contributed by atoms with Crippen LogP contribution in [-0.4, -0.2) is 0 Å². The SMILES string of the molecule is CCCCCC(C)CC(CCC1CCCC(C)C1)=C(CC(C)CCC)C(C)CC. The van der Waals surface area contributed by atoms with Crippen LogP contribution in [0.2, 0.25) is 0 Å². The van der Waals surface area contributed by atoms with E-state index >= 15 is 0 Å². The van der Waals surface area contributed by atoms with Crippen LogP contribution in [0.1, 0.15) is 145 Å². The monoisotopic (exact) mass is 404 g/mol. The van der Waals surface area contributed by atoms with Crippen molar-refractivity contribution in [1.82, 2.24) is 0 Å². The molecule has 1 aliphatic carbocycles. The van der Waals surface area contributed by atoms with Crippen molar-refractivity contribution in [3.8, 4) is 0 Å². The second-order valence-electron chi connectivity index (χ2n) is 11.0. The predicted molar refractivity (Wildman–Crippen MR) is 133 cm³/mol. The van der Waals surface area contributed by atoms with Crippen LogP contribution in [0.15, 0.2) is 11.1 Å². The zero-order chi connectivity index (χ0) is 21.6. The van der Waals surface area contributed by atoms with Crippen molar-refractivity contribution in [2.24, 2.45) is 29.6 Å². The summed E-state index contributed by atoms with van der Waals surface area (Å²) in [6.07, 6.45) is 21.2. The average molecular weight is 405 g/mol. The van der Waals surface area contributed by atoms with Gasteiger partial charge in [0.05, 0.1) is 0 Å². The fourth-order valence-corrected chi connectivity index (χ4v) is 5.77. The van der Waals surface area contributed by atoms with Gasteiger partial charge in [-0.3, -0.25) is 0 Å². The van der Waals surface area contributed by atoms with E-state index in [1.165, 1.54) is 96.3 Å². The molecule has 0 heteroatoms. The van der Waals surface area contributed by atoms with Gasteiger partial charge in [-0.05, 0) is 68.1 Å². The molecular weight excluding hydrogens is 348 g/mol. The molecule has 0 nitrogen and oxygen atoms in total. The molecule has 0 N–H and O–H groups in total. The zero-order valence-electron chi connectivity index (χ0n) is 21.5. The van der Waals surface area contributed by atoms with Crippen LogP contribution in [0.4, 0.5) is 0 Å². The standard InChI is InChI=1S/C29H56/c1-8-11-12-15-25(6)21-28(19-18-27-17-13-16-24(5)20-27)29(26(7)10-3)22-23(4)14-9-2/h23-27H,8-22H2,1-7H3. The van der Waals surface area contributed by atoms with E-state index in [2.05, 4.69) is 48.5 Å². The van der Waals surface area contributed by atoms with Crippen molar-refractivity contribution < 1.29 is 0 Å². The molecule has 172 valence electrons. The summed E-state index contributed by atoms with van der Waals surface area (Å²) in [6, 6.07) is 0. The minimum Gasteiger partial charge on any atom is -0.0705 e. The molecule has 29 heavy (non-hydrogen) atoms. The highest BCUT2D eigenvalue weighted by molar-refractivity contribution is 5.18. The number of rotatable bonds is 15. The fraction of sp³-hybridized carbons (Fsp3) is 0.931. The molecule has 1 rings (SSSR count). The fourth-order valence-electron chi connectivity index (χ4n) is 5.77. The van der Waals surface area contributed by atoms with E-state index < -0.39 is 0 Å². The Morgan fingerprint density at radius 1 is 0.862 bits per heavy atom. The first kappa shape index (κ1) is 26.8. The Bertz CT molecular complexity index is 431. The van der Waals surface area contributed by atoms with Gasteiger partial charge in [0.25, 0.3) is 0 Å². The summed E-state index contributed by atoms with van der Waals surface area (Å²) in [5.74, 6) is 4.45. The molecule has 1 saturated carbocycles. The summed E-state index contributed by atoms with van der Waals surface area (Å²) in [6.45, 7) is 17.1. The van der Waals surface area contributed by atoms with Gasteiger partial charge in [0, 0.05) is 0 Å². The molecule has 1 aliphatic rings. The van der Waals surface area contributed by atoms with Crippen LogP contribution in [0, 0.1) is 29.6 Å². The molecule has 0 aromatic carbocycles. The van der Waals surface area contributed by atoms with Crippen LogP contribution < -0.4 is 0 Å². The molecule has 0 heterocycles. The van der Waals surface area contributed by atoms with Gasteiger partial charge in [-0.2, -0.15) is 0 Å². The van der Waals surface area contributed by atoms with Crippen molar-refractivity contribution in [3.63, 3.8) is 0 Å². The Morgan fingerprint density at radius 2 is 1.59 bits per heavy atom. The van der Waals surface area contributed by atoms with E-state index in [1.807, 2.05) is 11.1 Å². The van der Waals surface area contributed by atoms with Crippen molar-refractivity contribution in [1.29, 1.82) is 0 Å². The molecule has 0 bridgehead atoms. The van der Waals surface area contributed by atoms with Gasteiger partial charge in [-0.25, -0.2) is 0 Å². The summed E-state index contributed by atoms with van der Waals surface area (Å²) in [5, 5.41) is 0. The largest absolute Gasteiger partial charge is 0.0705 e. The third-order valence-electron chi connectivity index (χ3n) is 7.81. The van der Waals surface area contributed by atoms with E-state index in [0.717, 1.165) is 29.6 Å². The van der Waals surface area contributed by atoms with Gasteiger partial charge in [0.15, 0.2) is 0 Å². The van der Waals surface area contributed by atoms with Crippen molar-refractivity contribution in [2.75, 3.05) is 0 Å². The Kier molecular flexibility index (Phi) is 14.3. The molecule has 5 unspecified atom stereocenters. The zero-order valence-corrected chi connectivity index (χ0v) is 21.5. The normalized spacial score (nSPS) is 24.1. The van der Waals surface area contributed by atoms with Crippen LogP contribution in [-0.2, 0) is 0 Å². The maximum atomic E-state index is 2.53. The summed E-state index contributed by atoms with van der Waals surface area (Å²) < 4.78 is 0. The lowest BCUT2D eigenvalue weighted by Gasteiger charge is -2.29. The predicted octanol–water partition coefficient (Wildman–Crippen LogP) is 10.4. The smallest absolute Gasteiger partial charge is 0.0232 e. The summed E-state index contributed by atoms with van der Waals surface area (Å²) >= 11 is 0. The molecule has 0 amide bonds. The molecule has 1 fully saturated rings. The van der Waals surface area contributed by atoms with Gasteiger partial charge in [0.2, 0.25) is 0 Å². The topological polar surface area (TPSA) is 0 Å². The molecular formula is C29H56. The maximum Gasteiger partial charge on any atom is -0.0232 e. The third kappa shape index (κ3) is 11.1. The van der Waals surface area contributed by atoms with E-state index in [0.29, 0.717) is 0 Å². The van der Waals surface area contributed by atoms with Crippen molar-refractivity contribution >= 4 is 0 Å². The second-order valence-corrected chi connectivity index (χ2v) is 11.0. The molecule has 0 aliphatic heterocycles. The molecule has 0 radical (unpaired) electrons. The van der Waals surface area contributed by atoms with E-state index in [-0.39, 0.29) is 0 Å². The first-order valence-electron chi connectivity index (χ1n) is 13.6. The Labute approximate surface area is 185 Å². The van der Waals surface area contributed by atoms with Crippen LogP contribution in [0.25, 0.3) is 0 Å². The Balaban J connectivity index is 2.93. The average Bonchev–Trinajstić information content (AvgIpc) is 2.69. The maximum absolute atomic E-state index is 2.53. The molecule has 0 aromatic rings. The number of unbranched alkanes of at least 4 members (excludes halogenated alkanes) is 2. The molecule has 5 atom stereocenters. The third-order valence-corrected chi connectivity index (χ3v) is 7.81. The van der Waals surface area contributed by atoms with Gasteiger partial charge in [-0.15, -0.1) is 0 Å². The first-order chi connectivity index (χ1) is 13.9. The lowest BCUT2D eigenvalue weighted by molar-refractivity contribution is 0.268. The van der Waals surface area contributed by atoms with E-state index in [4.69, 9.17) is 0 Å². The van der Waals surface area contributed by atoms with Gasteiger partial charge in [-0.1, -0.05) is 117 Å². The highest BCUT2D eigenvalue weighted by Crippen LogP contribution is 2.37. The summed E-state index contributed by atoms with van der Waals surface area (Å²) in [5.41, 5.74) is 3.77. The molecule has 0 saturated heterocycles. The van der Waals surface area contributed by atoms with Crippen molar-refractivity contribution in [2.45, 2.75) is 145 Å². The minimum atomic E-state index is 0.775. The number of hydrogen-bond donors (Lipinski definition) is 0. The van der Waals surface area contributed by atoms with Crippen LogP contribution >= 0.6 is 0 Å². The molecule has 0 aromatic heterocycles. The van der Waals surface area contributed by atoms with Gasteiger partial charge < -0.3 is 0 Å². The lowest BCUT2D eigenvalue weighted by atomic mass is 9.77. The van der Waals surface area contributed by atoms with E-state index in [1.54, 1.807) is 0 Å². The first-order valence-corrected chi connectivity index (χ1v) is 13.6. The van der Waals surface area contributed by atoms with Gasteiger partial charge >= 0.3 is 0 Å². The van der Waals surface area contributed by atoms with Crippen LogP contribution in [0.5, 0.6) is 0 Å². The van der Waals surface area contributed by atoms with E-state index in [9.17, 15) is 0 Å². The Morgan fingerprint density at radius 3 is 2.21 bits per heavy atom. The Hall–Kier alpha value is -0.260. The summed E-state index contributed by atoms with van der Waals surface area (Å²) in [4.78, 5) is 0. The van der Waals surface area contributed by atoms with Gasteiger partial charge in [0.1, 0.15) is 0 Å².